The van der Waals surface area contributed by atoms with Crippen LogP contribution in [0.5, 0.6) is 0 Å². The van der Waals surface area contributed by atoms with Gasteiger partial charge in [-0.05, 0) is 69.2 Å². The summed E-state index contributed by atoms with van der Waals surface area (Å²) in [6.45, 7) is 20.6. The molecule has 4 nitrogen and oxygen atoms in total. The molecular formula is C15H36O4Si2. The Labute approximate surface area is 135 Å². The van der Waals surface area contributed by atoms with Crippen LogP contribution < -0.4 is 0 Å². The van der Waals surface area contributed by atoms with Gasteiger partial charge < -0.3 is 17.7 Å². The Bertz CT molecular complexity index is 256. The highest BCUT2D eigenvalue weighted by molar-refractivity contribution is 6.64. The standard InChI is InChI=1S/C15H36O4Si2/c1-12(2)16-20(17-13(3)4)11-21(18-14(5,6)7)19-15(8,9)10/h12-13,20-21H,11H2,1-10H3. The van der Waals surface area contributed by atoms with Crippen LogP contribution in [0.4, 0.5) is 0 Å². The molecule has 0 aliphatic rings. The molecule has 0 aliphatic heterocycles. The zero-order valence-electron chi connectivity index (χ0n) is 15.6. The van der Waals surface area contributed by atoms with Crippen LogP contribution >= 0.6 is 0 Å². The lowest BCUT2D eigenvalue weighted by atomic mass is 10.2. The largest absolute Gasteiger partial charge is 0.394 e. The summed E-state index contributed by atoms with van der Waals surface area (Å²) < 4.78 is 24.4. The molecule has 21 heavy (non-hydrogen) atoms. The first-order valence-corrected chi connectivity index (χ1v) is 11.5. The molecule has 0 unspecified atom stereocenters. The SMILES string of the molecule is CC(C)O[SiH](C[SiH](OC(C)(C)C)OC(C)(C)C)OC(C)C. The van der Waals surface area contributed by atoms with Crippen LogP contribution in [0.3, 0.4) is 0 Å². The molecule has 0 atom stereocenters. The van der Waals surface area contributed by atoms with E-state index >= 15 is 0 Å². The summed E-state index contributed by atoms with van der Waals surface area (Å²) in [6, 6.07) is 0. The highest BCUT2D eigenvalue weighted by atomic mass is 28.4. The van der Waals surface area contributed by atoms with Gasteiger partial charge in [-0.15, -0.1) is 0 Å². The number of hydrogen-bond acceptors (Lipinski definition) is 4. The molecule has 0 bridgehead atoms. The van der Waals surface area contributed by atoms with Crippen molar-refractivity contribution in [1.29, 1.82) is 0 Å². The van der Waals surface area contributed by atoms with Gasteiger partial charge in [0.15, 0.2) is 0 Å². The third kappa shape index (κ3) is 13.6. The van der Waals surface area contributed by atoms with Crippen LogP contribution in [0.2, 0.25) is 5.67 Å². The van der Waals surface area contributed by atoms with Crippen LogP contribution in [0.15, 0.2) is 0 Å². The van der Waals surface area contributed by atoms with Crippen molar-refractivity contribution in [2.45, 2.75) is 98.3 Å². The van der Waals surface area contributed by atoms with E-state index in [2.05, 4.69) is 69.2 Å². The molecule has 0 aromatic heterocycles. The molecule has 0 saturated heterocycles. The lowest BCUT2D eigenvalue weighted by molar-refractivity contribution is 0.0337. The van der Waals surface area contributed by atoms with Crippen molar-refractivity contribution in [3.05, 3.63) is 0 Å². The Morgan fingerprint density at radius 1 is 0.667 bits per heavy atom. The summed E-state index contributed by atoms with van der Waals surface area (Å²) in [5.74, 6) is 0. The van der Waals surface area contributed by atoms with Gasteiger partial charge in [0.05, 0.1) is 0 Å². The molecule has 0 heterocycles. The van der Waals surface area contributed by atoms with E-state index in [1.165, 1.54) is 0 Å². The minimum absolute atomic E-state index is 0.180. The van der Waals surface area contributed by atoms with Gasteiger partial charge >= 0.3 is 18.6 Å². The topological polar surface area (TPSA) is 36.9 Å². The van der Waals surface area contributed by atoms with Gasteiger partial charge in [-0.3, -0.25) is 0 Å². The van der Waals surface area contributed by atoms with Crippen LogP contribution in [-0.4, -0.2) is 42.0 Å². The molecule has 0 fully saturated rings. The third-order valence-corrected chi connectivity index (χ3v) is 8.92. The Balaban J connectivity index is 4.85. The quantitative estimate of drug-likeness (QED) is 0.636. The van der Waals surface area contributed by atoms with Crippen molar-refractivity contribution < 1.29 is 17.7 Å². The van der Waals surface area contributed by atoms with Crippen molar-refractivity contribution >= 4 is 18.6 Å². The van der Waals surface area contributed by atoms with E-state index in [1.54, 1.807) is 0 Å². The van der Waals surface area contributed by atoms with Crippen molar-refractivity contribution in [2.75, 3.05) is 0 Å². The van der Waals surface area contributed by atoms with Crippen molar-refractivity contribution in [2.24, 2.45) is 0 Å². The highest BCUT2D eigenvalue weighted by Gasteiger charge is 2.32. The number of hydrogen-bond donors (Lipinski definition) is 0. The molecule has 6 heteroatoms. The molecule has 0 saturated carbocycles. The monoisotopic (exact) mass is 336 g/mol. The van der Waals surface area contributed by atoms with E-state index in [9.17, 15) is 0 Å². The van der Waals surface area contributed by atoms with Gasteiger partial charge in [0, 0.05) is 29.1 Å². The van der Waals surface area contributed by atoms with Gasteiger partial charge in [0.1, 0.15) is 0 Å². The van der Waals surface area contributed by atoms with E-state index in [1.807, 2.05) is 0 Å². The Morgan fingerprint density at radius 3 is 1.24 bits per heavy atom. The molecule has 0 aromatic carbocycles. The zero-order valence-corrected chi connectivity index (χ0v) is 18.0. The van der Waals surface area contributed by atoms with Crippen LogP contribution in [0.1, 0.15) is 69.2 Å². The predicted octanol–water partition coefficient (Wildman–Crippen LogP) is 3.45. The second-order valence-corrected chi connectivity index (χ2v) is 12.5. The van der Waals surface area contributed by atoms with E-state index in [4.69, 9.17) is 17.7 Å². The van der Waals surface area contributed by atoms with Crippen molar-refractivity contribution in [3.63, 3.8) is 0 Å². The first-order valence-electron chi connectivity index (χ1n) is 7.95. The maximum Gasteiger partial charge on any atom is 0.323 e. The third-order valence-electron chi connectivity index (χ3n) is 2.20. The maximum absolute atomic E-state index is 6.20. The molecule has 0 N–H and O–H groups in total. The minimum atomic E-state index is -1.85. The van der Waals surface area contributed by atoms with E-state index in [-0.39, 0.29) is 23.4 Å². The molecule has 0 spiro atoms. The summed E-state index contributed by atoms with van der Waals surface area (Å²) in [5, 5.41) is 0. The Morgan fingerprint density at radius 2 is 1.00 bits per heavy atom. The summed E-state index contributed by atoms with van der Waals surface area (Å²) in [4.78, 5) is 0. The molecule has 128 valence electrons. The maximum atomic E-state index is 6.20. The van der Waals surface area contributed by atoms with Gasteiger partial charge in [-0.1, -0.05) is 0 Å². The Hall–Kier alpha value is 0.274. The van der Waals surface area contributed by atoms with E-state index in [0.717, 1.165) is 5.67 Å². The van der Waals surface area contributed by atoms with Crippen molar-refractivity contribution in [3.8, 4) is 0 Å². The van der Waals surface area contributed by atoms with Crippen LogP contribution in [-0.2, 0) is 17.7 Å². The molecule has 0 aromatic rings. The lowest BCUT2D eigenvalue weighted by Crippen LogP contribution is -2.44. The smallest absolute Gasteiger partial charge is 0.323 e. The van der Waals surface area contributed by atoms with Crippen molar-refractivity contribution in [1.82, 2.24) is 0 Å². The van der Waals surface area contributed by atoms with Crippen LogP contribution in [0.25, 0.3) is 0 Å². The van der Waals surface area contributed by atoms with Gasteiger partial charge in [-0.25, -0.2) is 0 Å². The fraction of sp³-hybridized carbons (Fsp3) is 1.00. The molecular weight excluding hydrogens is 300 g/mol. The second-order valence-electron chi connectivity index (χ2n) is 7.92. The van der Waals surface area contributed by atoms with E-state index in [0.29, 0.717) is 0 Å². The van der Waals surface area contributed by atoms with Gasteiger partial charge in [-0.2, -0.15) is 0 Å². The van der Waals surface area contributed by atoms with E-state index < -0.39 is 18.6 Å². The summed E-state index contributed by atoms with van der Waals surface area (Å²) in [7, 11) is -3.62. The molecule has 0 rings (SSSR count). The number of rotatable bonds is 8. The van der Waals surface area contributed by atoms with Gasteiger partial charge in [0.2, 0.25) is 0 Å². The normalized spacial score (nSPS) is 14.0. The summed E-state index contributed by atoms with van der Waals surface area (Å²) in [5.41, 5.74) is 0.429. The minimum Gasteiger partial charge on any atom is -0.394 e. The molecule has 0 amide bonds. The Kier molecular flexibility index (Phi) is 8.90. The molecule has 0 aliphatic carbocycles. The first kappa shape index (κ1) is 21.3. The summed E-state index contributed by atoms with van der Waals surface area (Å²) >= 11 is 0. The predicted molar refractivity (Wildman–Crippen MR) is 93.2 cm³/mol. The second kappa shape index (κ2) is 8.79. The van der Waals surface area contributed by atoms with Gasteiger partial charge in [0.25, 0.3) is 0 Å². The summed E-state index contributed by atoms with van der Waals surface area (Å²) in [6.07, 6.45) is 0.360. The highest BCUT2D eigenvalue weighted by Crippen LogP contribution is 2.20. The zero-order chi connectivity index (χ0) is 16.8. The molecule has 0 radical (unpaired) electrons. The average molecular weight is 337 g/mol. The fourth-order valence-corrected chi connectivity index (χ4v) is 7.64. The average Bonchev–Trinajstić information content (AvgIpc) is 2.07. The van der Waals surface area contributed by atoms with Crippen LogP contribution in [0, 0.1) is 0 Å². The lowest BCUT2D eigenvalue weighted by Gasteiger charge is -2.33. The first-order chi connectivity index (χ1) is 9.28. The fourth-order valence-electron chi connectivity index (χ4n) is 1.82.